The first-order chi connectivity index (χ1) is 11.1. The molecule has 24 heavy (non-hydrogen) atoms. The van der Waals surface area contributed by atoms with Crippen molar-refractivity contribution in [2.24, 2.45) is 5.73 Å². The number of nitrogens with zero attached hydrogens (tertiary/aromatic N) is 2. The van der Waals surface area contributed by atoms with Gasteiger partial charge < -0.3 is 10.8 Å². The SMILES string of the molecule is Cc1nn(-c2ccc(C(C)(C)C(N)=O)cc2)c(C)c1CCC(=O)O. The van der Waals surface area contributed by atoms with E-state index in [4.69, 9.17) is 10.8 Å². The Balaban J connectivity index is 2.35. The Morgan fingerprint density at radius 3 is 2.29 bits per heavy atom. The van der Waals surface area contributed by atoms with E-state index in [9.17, 15) is 9.59 Å². The molecule has 2 aromatic rings. The quantitative estimate of drug-likeness (QED) is 0.849. The topological polar surface area (TPSA) is 98.2 Å². The Labute approximate surface area is 141 Å². The summed E-state index contributed by atoms with van der Waals surface area (Å²) in [6.45, 7) is 7.39. The van der Waals surface area contributed by atoms with Crippen LogP contribution >= 0.6 is 0 Å². The molecule has 0 saturated heterocycles. The maximum Gasteiger partial charge on any atom is 0.303 e. The molecule has 0 atom stereocenters. The lowest BCUT2D eigenvalue weighted by Crippen LogP contribution is -2.35. The van der Waals surface area contributed by atoms with Crippen molar-refractivity contribution in [3.8, 4) is 5.69 Å². The van der Waals surface area contributed by atoms with Crippen molar-refractivity contribution in [1.29, 1.82) is 0 Å². The zero-order valence-electron chi connectivity index (χ0n) is 14.5. The molecule has 1 amide bonds. The standard InChI is InChI=1S/C18H23N3O3/c1-11-15(9-10-16(22)23)12(2)21(20-11)14-7-5-13(6-8-14)18(3,4)17(19)24/h5-8H,9-10H2,1-4H3,(H2,19,24)(H,22,23). The van der Waals surface area contributed by atoms with Gasteiger partial charge in [0.1, 0.15) is 0 Å². The van der Waals surface area contributed by atoms with E-state index in [2.05, 4.69) is 5.10 Å². The lowest BCUT2D eigenvalue weighted by atomic mass is 9.84. The van der Waals surface area contributed by atoms with Gasteiger partial charge in [0.25, 0.3) is 0 Å². The van der Waals surface area contributed by atoms with Gasteiger partial charge in [0.2, 0.25) is 5.91 Å². The average molecular weight is 329 g/mol. The fourth-order valence-corrected chi connectivity index (χ4v) is 2.68. The van der Waals surface area contributed by atoms with Gasteiger partial charge in [-0.05, 0) is 57.4 Å². The summed E-state index contributed by atoms with van der Waals surface area (Å²) < 4.78 is 1.80. The van der Waals surface area contributed by atoms with Gasteiger partial charge in [-0.1, -0.05) is 12.1 Å². The molecule has 2 rings (SSSR count). The second-order valence-electron chi connectivity index (χ2n) is 6.49. The van der Waals surface area contributed by atoms with E-state index >= 15 is 0 Å². The number of carbonyl (C=O) groups is 2. The van der Waals surface area contributed by atoms with Crippen LogP contribution in [0.3, 0.4) is 0 Å². The Kier molecular flexibility index (Phi) is 4.78. The number of primary amides is 1. The van der Waals surface area contributed by atoms with Gasteiger partial charge in [-0.15, -0.1) is 0 Å². The minimum Gasteiger partial charge on any atom is -0.481 e. The Bertz CT molecular complexity index is 774. The van der Waals surface area contributed by atoms with Gasteiger partial charge in [0.05, 0.1) is 16.8 Å². The lowest BCUT2D eigenvalue weighted by molar-refractivity contribution is -0.137. The Morgan fingerprint density at radius 2 is 1.79 bits per heavy atom. The summed E-state index contributed by atoms with van der Waals surface area (Å²) in [6.07, 6.45) is 0.541. The van der Waals surface area contributed by atoms with Crippen LogP contribution in [0.1, 0.15) is 42.8 Å². The van der Waals surface area contributed by atoms with Gasteiger partial charge >= 0.3 is 5.97 Å². The Hall–Kier alpha value is -2.63. The lowest BCUT2D eigenvalue weighted by Gasteiger charge is -2.21. The van der Waals surface area contributed by atoms with Gasteiger partial charge in [-0.3, -0.25) is 9.59 Å². The van der Waals surface area contributed by atoms with Gasteiger partial charge in [0.15, 0.2) is 0 Å². The highest BCUT2D eigenvalue weighted by Gasteiger charge is 2.27. The van der Waals surface area contributed by atoms with Crippen molar-refractivity contribution >= 4 is 11.9 Å². The van der Waals surface area contributed by atoms with E-state index in [1.54, 1.807) is 18.5 Å². The van der Waals surface area contributed by atoms with Crippen molar-refractivity contribution in [2.75, 3.05) is 0 Å². The number of nitrogens with two attached hydrogens (primary N) is 1. The van der Waals surface area contributed by atoms with Crippen LogP contribution < -0.4 is 5.73 Å². The van der Waals surface area contributed by atoms with Crippen LogP contribution in [0.25, 0.3) is 5.69 Å². The maximum absolute atomic E-state index is 11.6. The van der Waals surface area contributed by atoms with Crippen molar-refractivity contribution in [3.63, 3.8) is 0 Å². The highest BCUT2D eigenvalue weighted by Crippen LogP contribution is 2.25. The third kappa shape index (κ3) is 3.32. The van der Waals surface area contributed by atoms with Crippen LogP contribution in [0, 0.1) is 13.8 Å². The molecule has 0 unspecified atom stereocenters. The molecule has 0 aliphatic rings. The van der Waals surface area contributed by atoms with E-state index in [1.807, 2.05) is 38.1 Å². The van der Waals surface area contributed by atoms with Crippen LogP contribution in [-0.4, -0.2) is 26.8 Å². The fourth-order valence-electron chi connectivity index (χ4n) is 2.68. The zero-order chi connectivity index (χ0) is 18.1. The number of amides is 1. The number of aryl methyl sites for hydroxylation is 1. The molecule has 0 spiro atoms. The van der Waals surface area contributed by atoms with E-state index in [1.165, 1.54) is 0 Å². The third-order valence-electron chi connectivity index (χ3n) is 4.48. The molecule has 1 aromatic heterocycles. The second kappa shape index (κ2) is 6.47. The molecule has 0 radical (unpaired) electrons. The smallest absolute Gasteiger partial charge is 0.303 e. The summed E-state index contributed by atoms with van der Waals surface area (Å²) in [4.78, 5) is 22.4. The minimum atomic E-state index is -0.820. The monoisotopic (exact) mass is 329 g/mol. The number of hydrogen-bond acceptors (Lipinski definition) is 3. The molecule has 3 N–H and O–H groups in total. The number of aliphatic carboxylic acids is 1. The molecule has 1 heterocycles. The van der Waals surface area contributed by atoms with Crippen molar-refractivity contribution in [3.05, 3.63) is 46.8 Å². The number of carboxylic acids is 1. The number of aromatic nitrogens is 2. The first-order valence-electron chi connectivity index (χ1n) is 7.82. The summed E-state index contributed by atoms with van der Waals surface area (Å²) in [7, 11) is 0. The van der Waals surface area contributed by atoms with Gasteiger partial charge in [-0.25, -0.2) is 4.68 Å². The highest BCUT2D eigenvalue weighted by atomic mass is 16.4. The molecule has 0 aliphatic heterocycles. The Morgan fingerprint density at radius 1 is 1.21 bits per heavy atom. The summed E-state index contributed by atoms with van der Waals surface area (Å²) in [5.41, 5.74) is 9.13. The molecule has 0 bridgehead atoms. The molecule has 0 aliphatic carbocycles. The van der Waals surface area contributed by atoms with E-state index in [0.717, 1.165) is 28.2 Å². The number of rotatable bonds is 6. The van der Waals surface area contributed by atoms with E-state index < -0.39 is 11.4 Å². The molecule has 0 saturated carbocycles. The van der Waals surface area contributed by atoms with Crippen LogP contribution in [0.2, 0.25) is 0 Å². The summed E-state index contributed by atoms with van der Waals surface area (Å²) in [6, 6.07) is 7.52. The zero-order valence-corrected chi connectivity index (χ0v) is 14.5. The summed E-state index contributed by atoms with van der Waals surface area (Å²) in [5.74, 6) is -1.20. The summed E-state index contributed by atoms with van der Waals surface area (Å²) in [5, 5.41) is 13.4. The van der Waals surface area contributed by atoms with E-state index in [0.29, 0.717) is 6.42 Å². The van der Waals surface area contributed by atoms with Crippen molar-refractivity contribution in [1.82, 2.24) is 9.78 Å². The number of hydrogen-bond donors (Lipinski definition) is 2. The first kappa shape index (κ1) is 17.7. The molecule has 1 aromatic carbocycles. The van der Waals surface area contributed by atoms with Crippen LogP contribution in [0.5, 0.6) is 0 Å². The van der Waals surface area contributed by atoms with Crippen LogP contribution in [0.15, 0.2) is 24.3 Å². The van der Waals surface area contributed by atoms with Crippen molar-refractivity contribution in [2.45, 2.75) is 46.0 Å². The van der Waals surface area contributed by atoms with E-state index in [-0.39, 0.29) is 12.3 Å². The predicted octanol–water partition coefficient (Wildman–Crippen LogP) is 2.27. The second-order valence-corrected chi connectivity index (χ2v) is 6.49. The maximum atomic E-state index is 11.6. The average Bonchev–Trinajstić information content (AvgIpc) is 2.79. The number of carbonyl (C=O) groups excluding carboxylic acids is 1. The molecule has 6 heteroatoms. The van der Waals surface area contributed by atoms with Gasteiger partial charge in [0, 0.05) is 12.1 Å². The van der Waals surface area contributed by atoms with Crippen LogP contribution in [0.4, 0.5) is 0 Å². The highest BCUT2D eigenvalue weighted by molar-refractivity contribution is 5.85. The molecule has 0 fully saturated rings. The predicted molar refractivity (Wildman–Crippen MR) is 91.2 cm³/mol. The summed E-state index contributed by atoms with van der Waals surface area (Å²) >= 11 is 0. The molecule has 6 nitrogen and oxygen atoms in total. The molecular formula is C18H23N3O3. The largest absolute Gasteiger partial charge is 0.481 e. The normalized spacial score (nSPS) is 11.5. The number of carboxylic acid groups (broad SMARTS) is 1. The van der Waals surface area contributed by atoms with Crippen molar-refractivity contribution < 1.29 is 14.7 Å². The minimum absolute atomic E-state index is 0.0825. The fraction of sp³-hybridized carbons (Fsp3) is 0.389. The third-order valence-corrected chi connectivity index (χ3v) is 4.48. The first-order valence-corrected chi connectivity index (χ1v) is 7.82. The number of benzene rings is 1. The molecular weight excluding hydrogens is 306 g/mol. The molecule has 128 valence electrons. The van der Waals surface area contributed by atoms with Gasteiger partial charge in [-0.2, -0.15) is 5.10 Å². The van der Waals surface area contributed by atoms with Crippen LogP contribution in [-0.2, 0) is 21.4 Å².